The molecule has 0 spiro atoms. The number of anilines is 1. The molecule has 11 nitrogen and oxygen atoms in total. The monoisotopic (exact) mass is 626 g/mol. The number of halogens is 3. The molecule has 3 amide bonds. The highest BCUT2D eigenvalue weighted by molar-refractivity contribution is 7.89. The van der Waals surface area contributed by atoms with E-state index < -0.39 is 45.6 Å². The number of aryl methyl sites for hydroxylation is 1. The number of primary amides is 1. The van der Waals surface area contributed by atoms with Gasteiger partial charge >= 0.3 is 12.2 Å². The number of carbonyl (C=O) groups is 2. The van der Waals surface area contributed by atoms with Crippen molar-refractivity contribution in [1.82, 2.24) is 19.6 Å². The number of thiazole rings is 1. The second-order valence-electron chi connectivity index (χ2n) is 10.2. The van der Waals surface area contributed by atoms with Gasteiger partial charge in [0.25, 0.3) is 0 Å². The first kappa shape index (κ1) is 31.2. The lowest BCUT2D eigenvalue weighted by Gasteiger charge is -2.27. The number of aromatic nitrogens is 2. The zero-order valence-electron chi connectivity index (χ0n) is 23.0. The van der Waals surface area contributed by atoms with Crippen LogP contribution in [-0.2, 0) is 20.2 Å². The van der Waals surface area contributed by atoms with E-state index in [1.54, 1.807) is 13.0 Å². The molecule has 0 bridgehead atoms. The third-order valence-electron chi connectivity index (χ3n) is 6.96. The van der Waals surface area contributed by atoms with Crippen molar-refractivity contribution in [2.45, 2.75) is 55.8 Å². The summed E-state index contributed by atoms with van der Waals surface area (Å²) < 4.78 is 74.0. The van der Waals surface area contributed by atoms with Crippen LogP contribution >= 0.6 is 11.3 Å². The summed E-state index contributed by atoms with van der Waals surface area (Å²) in [6.45, 7) is 3.58. The first-order valence-corrected chi connectivity index (χ1v) is 14.9. The Balaban J connectivity index is 1.50. The fourth-order valence-corrected chi connectivity index (χ4v) is 6.59. The normalized spacial score (nSPS) is 17.7. The van der Waals surface area contributed by atoms with Gasteiger partial charge in [-0.2, -0.15) is 13.2 Å². The summed E-state index contributed by atoms with van der Waals surface area (Å²) in [6.07, 6.45) is -3.28. The number of likely N-dealkylation sites (tertiary alicyclic amines) is 1. The topological polar surface area (TPSA) is 157 Å². The summed E-state index contributed by atoms with van der Waals surface area (Å²) in [7, 11) is -2.53. The number of hydrogen-bond acceptors (Lipinski definition) is 8. The lowest BCUT2D eigenvalue weighted by Crippen LogP contribution is -2.46. The molecule has 1 fully saturated rings. The molecule has 16 heteroatoms. The molecule has 1 aliphatic heterocycles. The van der Waals surface area contributed by atoms with E-state index in [0.717, 1.165) is 30.1 Å². The number of amides is 3. The molecule has 0 radical (unpaired) electrons. The zero-order valence-corrected chi connectivity index (χ0v) is 24.7. The molecule has 0 unspecified atom stereocenters. The Bertz CT molecular complexity index is 1590. The average molecular weight is 627 g/mol. The summed E-state index contributed by atoms with van der Waals surface area (Å²) in [5, 5.41) is 2.73. The van der Waals surface area contributed by atoms with E-state index >= 15 is 0 Å². The van der Waals surface area contributed by atoms with Crippen LogP contribution in [0.2, 0.25) is 0 Å². The van der Waals surface area contributed by atoms with Crippen LogP contribution in [0.5, 0.6) is 5.75 Å². The van der Waals surface area contributed by atoms with Gasteiger partial charge in [0.1, 0.15) is 17.2 Å². The Morgan fingerprint density at radius 1 is 1.17 bits per heavy atom. The Morgan fingerprint density at radius 2 is 1.83 bits per heavy atom. The summed E-state index contributed by atoms with van der Waals surface area (Å²) in [6, 6.07) is 5.96. The molecule has 1 saturated heterocycles. The number of nitrogens with zero attached hydrogens (tertiary/aromatic N) is 3. The van der Waals surface area contributed by atoms with Crippen LogP contribution < -0.4 is 20.5 Å². The number of methoxy groups -OCH3 is 1. The summed E-state index contributed by atoms with van der Waals surface area (Å²) in [5.74, 6) is -0.342. The lowest BCUT2D eigenvalue weighted by molar-refractivity contribution is -0.181. The number of rotatable bonds is 8. The average Bonchev–Trinajstić information content (AvgIpc) is 3.51. The first-order chi connectivity index (χ1) is 19.5. The van der Waals surface area contributed by atoms with Crippen molar-refractivity contribution in [3.05, 3.63) is 54.0 Å². The Morgan fingerprint density at radius 3 is 2.43 bits per heavy atom. The molecular formula is C26H29F3N6O5S2. The van der Waals surface area contributed by atoms with Gasteiger partial charge in [-0.3, -0.25) is 15.1 Å². The highest BCUT2D eigenvalue weighted by Gasteiger charge is 2.49. The quantitative estimate of drug-likeness (QED) is 0.343. The number of nitrogens with one attached hydrogen (secondary N) is 2. The van der Waals surface area contributed by atoms with Crippen LogP contribution in [0.4, 0.5) is 23.1 Å². The zero-order chi connectivity index (χ0) is 31.0. The molecule has 4 N–H and O–H groups in total. The first-order valence-electron chi connectivity index (χ1n) is 12.6. The SMILES string of the molecule is COc1ccc(S(=O)(=O)N[C@@H]2C[C@@H](C(N)=O)N(C(=O)Nc3nc(C)c(-c4ccnc(C(C)(C)C(F)(F)F)c4)s3)C2)cc1. The van der Waals surface area contributed by atoms with Crippen molar-refractivity contribution >= 4 is 38.4 Å². The Labute approximate surface area is 244 Å². The highest BCUT2D eigenvalue weighted by atomic mass is 32.2. The molecule has 3 heterocycles. The van der Waals surface area contributed by atoms with E-state index in [-0.39, 0.29) is 28.7 Å². The minimum absolute atomic E-state index is 0.0227. The fourth-order valence-electron chi connectivity index (χ4n) is 4.40. The number of carbonyl (C=O) groups excluding carboxylic acids is 2. The molecule has 2 aromatic heterocycles. The summed E-state index contributed by atoms with van der Waals surface area (Å²) in [4.78, 5) is 35.2. The van der Waals surface area contributed by atoms with Crippen molar-refractivity contribution in [2.24, 2.45) is 5.73 Å². The second-order valence-corrected chi connectivity index (χ2v) is 12.9. The van der Waals surface area contributed by atoms with E-state index in [2.05, 4.69) is 20.0 Å². The largest absolute Gasteiger partial charge is 0.497 e. The number of alkyl halides is 3. The number of ether oxygens (including phenoxy) is 1. The van der Waals surface area contributed by atoms with Gasteiger partial charge in [-0.15, -0.1) is 0 Å². The second kappa shape index (κ2) is 11.5. The molecule has 1 aromatic carbocycles. The number of sulfonamides is 1. The molecule has 0 saturated carbocycles. The van der Waals surface area contributed by atoms with Crippen molar-refractivity contribution < 1.29 is 35.9 Å². The summed E-state index contributed by atoms with van der Waals surface area (Å²) >= 11 is 1.03. The van der Waals surface area contributed by atoms with Gasteiger partial charge in [0, 0.05) is 18.8 Å². The van der Waals surface area contributed by atoms with Crippen LogP contribution in [0.25, 0.3) is 10.4 Å². The van der Waals surface area contributed by atoms with E-state index in [9.17, 15) is 31.2 Å². The molecule has 3 aromatic rings. The fraction of sp³-hybridized carbons (Fsp3) is 0.385. The number of nitrogens with two attached hydrogens (primary N) is 1. The van der Waals surface area contributed by atoms with Crippen LogP contribution in [0.1, 0.15) is 31.7 Å². The van der Waals surface area contributed by atoms with Crippen molar-refractivity contribution in [3.63, 3.8) is 0 Å². The van der Waals surface area contributed by atoms with Gasteiger partial charge in [0.05, 0.1) is 28.3 Å². The van der Waals surface area contributed by atoms with Gasteiger partial charge in [-0.1, -0.05) is 11.3 Å². The van der Waals surface area contributed by atoms with Crippen molar-refractivity contribution in [1.29, 1.82) is 0 Å². The molecule has 1 aliphatic rings. The smallest absolute Gasteiger partial charge is 0.399 e. The molecule has 2 atom stereocenters. The van der Waals surface area contributed by atoms with E-state index in [0.29, 0.717) is 21.9 Å². The van der Waals surface area contributed by atoms with E-state index in [1.807, 2.05) is 0 Å². The van der Waals surface area contributed by atoms with Crippen LogP contribution in [0, 0.1) is 6.92 Å². The van der Waals surface area contributed by atoms with E-state index in [1.165, 1.54) is 43.6 Å². The maximum absolute atomic E-state index is 13.6. The predicted molar refractivity (Wildman–Crippen MR) is 150 cm³/mol. The van der Waals surface area contributed by atoms with Crippen LogP contribution in [0.15, 0.2) is 47.5 Å². The maximum Gasteiger partial charge on any atom is 0.399 e. The maximum atomic E-state index is 13.6. The van der Waals surface area contributed by atoms with Gasteiger partial charge in [0.2, 0.25) is 15.9 Å². The summed E-state index contributed by atoms with van der Waals surface area (Å²) in [5.41, 5.74) is 4.06. The third kappa shape index (κ3) is 6.34. The molecule has 0 aliphatic carbocycles. The Kier molecular flexibility index (Phi) is 8.53. The molecule has 42 heavy (non-hydrogen) atoms. The van der Waals surface area contributed by atoms with Gasteiger partial charge in [0.15, 0.2) is 5.13 Å². The van der Waals surface area contributed by atoms with E-state index in [4.69, 9.17) is 10.5 Å². The standard InChI is InChI=1S/C26H29F3N6O5S2/c1-14-21(15-9-10-31-20(11-15)25(2,3)26(27,28)29)41-23(32-14)33-24(37)35-13-16(12-19(35)22(30)36)34-42(38,39)18-7-5-17(40-4)6-8-18/h5-11,16,19,34H,12-13H2,1-4H3,(H2,30,36)(H,32,33,37)/t16-,19+/m1/s1. The van der Waals surface area contributed by atoms with Gasteiger partial charge in [-0.25, -0.2) is 22.9 Å². The van der Waals surface area contributed by atoms with Crippen molar-refractivity contribution in [2.75, 3.05) is 19.0 Å². The van der Waals surface area contributed by atoms with Gasteiger partial charge in [-0.05, 0) is 69.2 Å². The number of hydrogen-bond donors (Lipinski definition) is 3. The van der Waals surface area contributed by atoms with Gasteiger partial charge < -0.3 is 15.4 Å². The third-order valence-corrected chi connectivity index (χ3v) is 9.62. The Hall–Kier alpha value is -3.76. The minimum Gasteiger partial charge on any atom is -0.497 e. The predicted octanol–water partition coefficient (Wildman–Crippen LogP) is 3.80. The number of benzene rings is 1. The lowest BCUT2D eigenvalue weighted by atomic mass is 9.87. The highest BCUT2D eigenvalue weighted by Crippen LogP contribution is 2.41. The van der Waals surface area contributed by atoms with Crippen LogP contribution in [-0.4, -0.2) is 67.1 Å². The number of urea groups is 1. The van der Waals surface area contributed by atoms with Crippen LogP contribution in [0.3, 0.4) is 0 Å². The molecule has 4 rings (SSSR count). The minimum atomic E-state index is -4.52. The molecule has 226 valence electrons. The number of pyridine rings is 1. The molecular weight excluding hydrogens is 597 g/mol. The van der Waals surface area contributed by atoms with Crippen molar-refractivity contribution in [3.8, 4) is 16.2 Å².